The zero-order chi connectivity index (χ0) is 12.5. The molecular formula is C11H10ClN5S. The summed E-state index contributed by atoms with van der Waals surface area (Å²) in [5, 5.41) is 11.4. The highest BCUT2D eigenvalue weighted by Crippen LogP contribution is 2.20. The van der Waals surface area contributed by atoms with Gasteiger partial charge in [0.05, 0.1) is 12.1 Å². The Kier molecular flexibility index (Phi) is 2.89. The molecule has 0 amide bonds. The summed E-state index contributed by atoms with van der Waals surface area (Å²) in [6, 6.07) is 5.98. The van der Waals surface area contributed by atoms with Crippen LogP contribution in [0.15, 0.2) is 24.4 Å². The Labute approximate surface area is 112 Å². The van der Waals surface area contributed by atoms with Gasteiger partial charge in [0, 0.05) is 23.8 Å². The van der Waals surface area contributed by atoms with Gasteiger partial charge in [0.25, 0.3) is 0 Å². The van der Waals surface area contributed by atoms with Crippen LogP contribution >= 0.6 is 22.9 Å². The molecule has 0 saturated carbocycles. The van der Waals surface area contributed by atoms with Gasteiger partial charge in [-0.15, -0.1) is 16.4 Å². The first-order valence-corrected chi connectivity index (χ1v) is 6.55. The van der Waals surface area contributed by atoms with Crippen molar-refractivity contribution < 1.29 is 0 Å². The number of benzene rings is 1. The van der Waals surface area contributed by atoms with Gasteiger partial charge in [-0.25, -0.2) is 9.67 Å². The first kappa shape index (κ1) is 11.4. The van der Waals surface area contributed by atoms with Crippen LogP contribution in [-0.4, -0.2) is 20.0 Å². The maximum absolute atomic E-state index is 5.78. The predicted molar refractivity (Wildman–Crippen MR) is 73.0 cm³/mol. The minimum absolute atomic E-state index is 0.566. The van der Waals surface area contributed by atoms with E-state index in [1.807, 2.05) is 25.2 Å². The summed E-state index contributed by atoms with van der Waals surface area (Å²) in [6.45, 7) is 0.705. The molecule has 0 unspecified atom stereocenters. The Morgan fingerprint density at radius 3 is 3.11 bits per heavy atom. The van der Waals surface area contributed by atoms with Crippen molar-refractivity contribution in [2.75, 3.05) is 5.32 Å². The van der Waals surface area contributed by atoms with Gasteiger partial charge in [-0.05, 0) is 18.2 Å². The van der Waals surface area contributed by atoms with Gasteiger partial charge >= 0.3 is 0 Å². The molecule has 1 N–H and O–H groups in total. The minimum atomic E-state index is 0.566. The topological polar surface area (TPSA) is 55.6 Å². The molecule has 1 aromatic carbocycles. The smallest absolute Gasteiger partial charge is 0.183 e. The van der Waals surface area contributed by atoms with Gasteiger partial charge in [-0.3, -0.25) is 0 Å². The zero-order valence-corrected chi connectivity index (χ0v) is 11.2. The number of aryl methyl sites for hydroxylation is 1. The predicted octanol–water partition coefficient (Wildman–Crippen LogP) is 2.69. The summed E-state index contributed by atoms with van der Waals surface area (Å²) < 4.78 is 2.32. The summed E-state index contributed by atoms with van der Waals surface area (Å²) in [5.74, 6) is 0. The van der Waals surface area contributed by atoms with Crippen LogP contribution in [0.4, 0.5) is 5.69 Å². The Morgan fingerprint density at radius 2 is 2.33 bits per heavy atom. The van der Waals surface area contributed by atoms with E-state index in [2.05, 4.69) is 20.6 Å². The monoisotopic (exact) mass is 279 g/mol. The molecule has 0 atom stereocenters. The van der Waals surface area contributed by atoms with Crippen LogP contribution in [0.2, 0.25) is 4.47 Å². The minimum Gasteiger partial charge on any atom is -0.380 e. The normalized spacial score (nSPS) is 11.0. The lowest BCUT2D eigenvalue weighted by atomic mass is 10.2. The van der Waals surface area contributed by atoms with Crippen LogP contribution in [0.3, 0.4) is 0 Å². The van der Waals surface area contributed by atoms with Crippen LogP contribution in [0, 0.1) is 0 Å². The molecule has 0 spiro atoms. The van der Waals surface area contributed by atoms with Gasteiger partial charge < -0.3 is 5.32 Å². The van der Waals surface area contributed by atoms with Gasteiger partial charge in [-0.2, -0.15) is 0 Å². The van der Waals surface area contributed by atoms with E-state index in [1.54, 1.807) is 10.9 Å². The van der Waals surface area contributed by atoms with Crippen molar-refractivity contribution in [3.63, 3.8) is 0 Å². The average Bonchev–Trinajstić information content (AvgIpc) is 2.94. The van der Waals surface area contributed by atoms with E-state index in [0.717, 1.165) is 21.6 Å². The molecule has 0 fully saturated rings. The number of nitrogens with zero attached hydrogens (tertiary/aromatic N) is 4. The molecule has 92 valence electrons. The SMILES string of the molecule is Cn1nnc2cc(NCc3cnc(Cl)s3)ccc21. The molecule has 0 saturated heterocycles. The van der Waals surface area contributed by atoms with Gasteiger partial charge in [0.1, 0.15) is 5.52 Å². The Bertz CT molecular complexity index is 690. The van der Waals surface area contributed by atoms with E-state index in [0.29, 0.717) is 11.0 Å². The fourth-order valence-corrected chi connectivity index (χ4v) is 2.62. The average molecular weight is 280 g/mol. The fraction of sp³-hybridized carbons (Fsp3) is 0.182. The first-order valence-electron chi connectivity index (χ1n) is 5.36. The van der Waals surface area contributed by atoms with Crippen molar-refractivity contribution in [3.8, 4) is 0 Å². The summed E-state index contributed by atoms with van der Waals surface area (Å²) >= 11 is 7.26. The Balaban J connectivity index is 1.78. The van der Waals surface area contributed by atoms with Crippen LogP contribution in [0.5, 0.6) is 0 Å². The van der Waals surface area contributed by atoms with Crippen molar-refractivity contribution in [1.29, 1.82) is 0 Å². The second-order valence-corrected chi connectivity index (χ2v) is 5.55. The van der Waals surface area contributed by atoms with Crippen molar-refractivity contribution in [2.45, 2.75) is 6.54 Å². The highest BCUT2D eigenvalue weighted by molar-refractivity contribution is 7.15. The third-order valence-corrected chi connectivity index (χ3v) is 3.72. The second kappa shape index (κ2) is 4.55. The van der Waals surface area contributed by atoms with Crippen LogP contribution in [0.25, 0.3) is 11.0 Å². The molecule has 0 aliphatic carbocycles. The van der Waals surface area contributed by atoms with E-state index in [1.165, 1.54) is 11.3 Å². The third kappa shape index (κ3) is 2.16. The molecule has 0 radical (unpaired) electrons. The van der Waals surface area contributed by atoms with Crippen LogP contribution < -0.4 is 5.32 Å². The molecule has 3 rings (SSSR count). The van der Waals surface area contributed by atoms with Crippen molar-refractivity contribution in [3.05, 3.63) is 33.7 Å². The second-order valence-electron chi connectivity index (χ2n) is 3.85. The molecule has 5 nitrogen and oxygen atoms in total. The summed E-state index contributed by atoms with van der Waals surface area (Å²) in [6.07, 6.45) is 1.78. The van der Waals surface area contributed by atoms with Crippen molar-refractivity contribution in [2.24, 2.45) is 7.05 Å². The number of thiazole rings is 1. The quantitative estimate of drug-likeness (QED) is 0.801. The lowest BCUT2D eigenvalue weighted by Gasteiger charge is -2.03. The maximum atomic E-state index is 5.78. The molecule has 7 heteroatoms. The Morgan fingerprint density at radius 1 is 1.44 bits per heavy atom. The van der Waals surface area contributed by atoms with Gasteiger partial charge in [-0.1, -0.05) is 16.8 Å². The fourth-order valence-electron chi connectivity index (χ4n) is 1.71. The third-order valence-electron chi connectivity index (χ3n) is 2.60. The number of halogens is 1. The molecular weight excluding hydrogens is 270 g/mol. The molecule has 0 aliphatic rings. The Hall–Kier alpha value is -1.66. The molecule has 0 bridgehead atoms. The standard InChI is InChI=1S/C11H10ClN5S/c1-17-10-3-2-7(4-9(10)15-16-17)13-5-8-6-14-11(12)18-8/h2-4,6,13H,5H2,1H3. The lowest BCUT2D eigenvalue weighted by Crippen LogP contribution is -1.97. The highest BCUT2D eigenvalue weighted by Gasteiger charge is 2.03. The number of anilines is 1. The number of hydrogen-bond acceptors (Lipinski definition) is 5. The van der Waals surface area contributed by atoms with E-state index >= 15 is 0 Å². The number of hydrogen-bond donors (Lipinski definition) is 1. The molecule has 0 aliphatic heterocycles. The van der Waals surface area contributed by atoms with Gasteiger partial charge in [0.15, 0.2) is 4.47 Å². The highest BCUT2D eigenvalue weighted by atomic mass is 35.5. The lowest BCUT2D eigenvalue weighted by molar-refractivity contribution is 0.736. The molecule has 3 aromatic rings. The number of rotatable bonds is 3. The van der Waals surface area contributed by atoms with E-state index < -0.39 is 0 Å². The summed E-state index contributed by atoms with van der Waals surface area (Å²) in [4.78, 5) is 5.10. The maximum Gasteiger partial charge on any atom is 0.183 e. The number of aromatic nitrogens is 4. The number of nitrogens with one attached hydrogen (secondary N) is 1. The van der Waals surface area contributed by atoms with Crippen molar-refractivity contribution in [1.82, 2.24) is 20.0 Å². The number of fused-ring (bicyclic) bond motifs is 1. The van der Waals surface area contributed by atoms with E-state index in [4.69, 9.17) is 11.6 Å². The van der Waals surface area contributed by atoms with E-state index in [-0.39, 0.29) is 0 Å². The molecule has 2 heterocycles. The van der Waals surface area contributed by atoms with Crippen LogP contribution in [-0.2, 0) is 13.6 Å². The van der Waals surface area contributed by atoms with Gasteiger partial charge in [0.2, 0.25) is 0 Å². The molecule has 2 aromatic heterocycles. The summed E-state index contributed by atoms with van der Waals surface area (Å²) in [7, 11) is 1.88. The van der Waals surface area contributed by atoms with E-state index in [9.17, 15) is 0 Å². The summed E-state index contributed by atoms with van der Waals surface area (Å²) in [5.41, 5.74) is 2.90. The van der Waals surface area contributed by atoms with Crippen LogP contribution in [0.1, 0.15) is 4.88 Å². The largest absolute Gasteiger partial charge is 0.380 e. The van der Waals surface area contributed by atoms with Crippen molar-refractivity contribution >= 4 is 39.7 Å². The zero-order valence-electron chi connectivity index (χ0n) is 9.59. The molecule has 18 heavy (non-hydrogen) atoms. The first-order chi connectivity index (χ1) is 8.72.